The van der Waals surface area contributed by atoms with E-state index in [1.54, 1.807) is 12.1 Å². The smallest absolute Gasteiger partial charge is 0.240 e. The zero-order chi connectivity index (χ0) is 12.9. The molecule has 17 heavy (non-hydrogen) atoms. The summed E-state index contributed by atoms with van der Waals surface area (Å²) in [5.41, 5.74) is 0.963. The second-order valence-corrected chi connectivity index (χ2v) is 5.74. The standard InChI is InChI=1S/C10H14BrNO4S/c11-5-8-1-3-10(4-2-8)17(15,16)12-9(6-13)7-14/h1-4,9,12-14H,5-7H2. The van der Waals surface area contributed by atoms with Crippen molar-refractivity contribution in [2.24, 2.45) is 0 Å². The molecule has 96 valence electrons. The second kappa shape index (κ2) is 6.46. The van der Waals surface area contributed by atoms with E-state index in [1.807, 2.05) is 0 Å². The first-order chi connectivity index (χ1) is 8.03. The maximum Gasteiger partial charge on any atom is 0.240 e. The molecule has 0 radical (unpaired) electrons. The first-order valence-corrected chi connectivity index (χ1v) is 7.53. The fourth-order valence-corrected chi connectivity index (χ4v) is 2.77. The van der Waals surface area contributed by atoms with Gasteiger partial charge in [0.05, 0.1) is 24.2 Å². The number of hydrogen-bond acceptors (Lipinski definition) is 4. The third-order valence-corrected chi connectivity index (χ3v) is 4.33. The molecule has 0 aliphatic rings. The summed E-state index contributed by atoms with van der Waals surface area (Å²) >= 11 is 3.26. The van der Waals surface area contributed by atoms with Gasteiger partial charge in [0.25, 0.3) is 0 Å². The minimum Gasteiger partial charge on any atom is -0.395 e. The van der Waals surface area contributed by atoms with Crippen LogP contribution in [0, 0.1) is 0 Å². The van der Waals surface area contributed by atoms with Crippen LogP contribution in [-0.4, -0.2) is 37.9 Å². The summed E-state index contributed by atoms with van der Waals surface area (Å²) in [7, 11) is -3.69. The lowest BCUT2D eigenvalue weighted by atomic mass is 10.2. The van der Waals surface area contributed by atoms with Crippen molar-refractivity contribution in [2.75, 3.05) is 13.2 Å². The van der Waals surface area contributed by atoms with Crippen LogP contribution in [0.3, 0.4) is 0 Å². The molecule has 0 unspecified atom stereocenters. The molecule has 5 nitrogen and oxygen atoms in total. The Labute approximate surface area is 109 Å². The van der Waals surface area contributed by atoms with E-state index in [1.165, 1.54) is 12.1 Å². The first kappa shape index (κ1) is 14.6. The van der Waals surface area contributed by atoms with Crippen molar-refractivity contribution in [3.05, 3.63) is 29.8 Å². The van der Waals surface area contributed by atoms with E-state index >= 15 is 0 Å². The number of halogens is 1. The summed E-state index contributed by atoms with van der Waals surface area (Å²) in [5, 5.41) is 18.3. The Morgan fingerprint density at radius 1 is 1.18 bits per heavy atom. The van der Waals surface area contributed by atoms with Gasteiger partial charge in [-0.2, -0.15) is 0 Å². The molecule has 0 heterocycles. The van der Waals surface area contributed by atoms with Gasteiger partial charge in [-0.05, 0) is 17.7 Å². The van der Waals surface area contributed by atoms with Crippen molar-refractivity contribution < 1.29 is 18.6 Å². The average molecular weight is 324 g/mol. The molecule has 0 fully saturated rings. The highest BCUT2D eigenvalue weighted by Crippen LogP contribution is 2.12. The molecule has 1 aromatic rings. The van der Waals surface area contributed by atoms with Gasteiger partial charge in [-0.15, -0.1) is 0 Å². The number of benzene rings is 1. The van der Waals surface area contributed by atoms with Gasteiger partial charge in [-0.25, -0.2) is 13.1 Å². The van der Waals surface area contributed by atoms with Gasteiger partial charge in [0, 0.05) is 5.33 Å². The number of nitrogens with one attached hydrogen (secondary N) is 1. The Bertz CT molecular complexity index is 442. The largest absolute Gasteiger partial charge is 0.395 e. The van der Waals surface area contributed by atoms with Gasteiger partial charge in [-0.3, -0.25) is 0 Å². The van der Waals surface area contributed by atoms with Crippen LogP contribution < -0.4 is 4.72 Å². The van der Waals surface area contributed by atoms with Crippen molar-refractivity contribution >= 4 is 26.0 Å². The Morgan fingerprint density at radius 2 is 1.71 bits per heavy atom. The van der Waals surface area contributed by atoms with Crippen LogP contribution in [-0.2, 0) is 15.4 Å². The molecule has 0 aliphatic heterocycles. The molecular weight excluding hydrogens is 310 g/mol. The van der Waals surface area contributed by atoms with Gasteiger partial charge in [0.15, 0.2) is 0 Å². The molecule has 7 heteroatoms. The van der Waals surface area contributed by atoms with E-state index < -0.39 is 29.3 Å². The summed E-state index contributed by atoms with van der Waals surface area (Å²) in [6, 6.07) is 5.46. The molecular formula is C10H14BrNO4S. The van der Waals surface area contributed by atoms with E-state index in [2.05, 4.69) is 20.7 Å². The summed E-state index contributed by atoms with van der Waals surface area (Å²) in [5.74, 6) is 0. The zero-order valence-electron chi connectivity index (χ0n) is 9.01. The quantitative estimate of drug-likeness (QED) is 0.653. The third-order valence-electron chi connectivity index (χ3n) is 2.15. The molecule has 0 spiro atoms. The van der Waals surface area contributed by atoms with Crippen LogP contribution in [0.4, 0.5) is 0 Å². The summed E-state index contributed by atoms with van der Waals surface area (Å²) < 4.78 is 25.8. The van der Waals surface area contributed by atoms with Gasteiger partial charge >= 0.3 is 0 Å². The lowest BCUT2D eigenvalue weighted by molar-refractivity contribution is 0.185. The number of aliphatic hydroxyl groups excluding tert-OH is 2. The van der Waals surface area contributed by atoms with Crippen LogP contribution >= 0.6 is 15.9 Å². The number of hydrogen-bond donors (Lipinski definition) is 3. The van der Waals surface area contributed by atoms with Crippen LogP contribution in [0.5, 0.6) is 0 Å². The van der Waals surface area contributed by atoms with Crippen molar-refractivity contribution in [3.63, 3.8) is 0 Å². The summed E-state index contributed by atoms with van der Waals surface area (Å²) in [6.07, 6.45) is 0. The molecule has 0 aliphatic carbocycles. The van der Waals surface area contributed by atoms with Gasteiger partial charge in [-0.1, -0.05) is 28.1 Å². The Balaban J connectivity index is 2.89. The summed E-state index contributed by atoms with van der Waals surface area (Å²) in [6.45, 7) is -0.898. The van der Waals surface area contributed by atoms with Crippen LogP contribution in [0.15, 0.2) is 29.2 Å². The van der Waals surface area contributed by atoms with Crippen molar-refractivity contribution in [3.8, 4) is 0 Å². The topological polar surface area (TPSA) is 86.6 Å². The molecule has 0 saturated heterocycles. The van der Waals surface area contributed by atoms with E-state index in [4.69, 9.17) is 10.2 Å². The van der Waals surface area contributed by atoms with Crippen molar-refractivity contribution in [1.82, 2.24) is 4.72 Å². The minimum absolute atomic E-state index is 0.106. The number of aliphatic hydroxyl groups is 2. The highest BCUT2D eigenvalue weighted by Gasteiger charge is 2.18. The number of sulfonamides is 1. The summed E-state index contributed by atoms with van der Waals surface area (Å²) in [4.78, 5) is 0.106. The molecule has 3 N–H and O–H groups in total. The van der Waals surface area contributed by atoms with E-state index in [9.17, 15) is 8.42 Å². The molecule has 0 amide bonds. The lowest BCUT2D eigenvalue weighted by Gasteiger charge is -2.13. The Hall–Kier alpha value is -0.470. The average Bonchev–Trinajstić information content (AvgIpc) is 2.36. The maximum absolute atomic E-state index is 11.8. The number of alkyl halides is 1. The van der Waals surface area contributed by atoms with Crippen LogP contribution in [0.1, 0.15) is 5.56 Å². The monoisotopic (exact) mass is 323 g/mol. The zero-order valence-corrected chi connectivity index (χ0v) is 11.4. The number of rotatable bonds is 6. The van der Waals surface area contributed by atoms with Crippen LogP contribution in [0.25, 0.3) is 0 Å². The molecule has 0 bridgehead atoms. The molecule has 1 aromatic carbocycles. The van der Waals surface area contributed by atoms with Gasteiger partial charge < -0.3 is 10.2 Å². The van der Waals surface area contributed by atoms with Crippen molar-refractivity contribution in [2.45, 2.75) is 16.3 Å². The third kappa shape index (κ3) is 4.04. The van der Waals surface area contributed by atoms with Gasteiger partial charge in [0.1, 0.15) is 0 Å². The molecule has 0 aromatic heterocycles. The minimum atomic E-state index is -3.69. The second-order valence-electron chi connectivity index (χ2n) is 3.46. The lowest BCUT2D eigenvalue weighted by Crippen LogP contribution is -2.39. The van der Waals surface area contributed by atoms with Crippen molar-refractivity contribution in [1.29, 1.82) is 0 Å². The molecule has 1 rings (SSSR count). The first-order valence-electron chi connectivity index (χ1n) is 4.92. The van der Waals surface area contributed by atoms with E-state index in [0.29, 0.717) is 5.33 Å². The fourth-order valence-electron chi connectivity index (χ4n) is 1.18. The highest BCUT2D eigenvalue weighted by molar-refractivity contribution is 9.08. The predicted molar refractivity (Wildman–Crippen MR) is 67.4 cm³/mol. The highest BCUT2D eigenvalue weighted by atomic mass is 79.9. The predicted octanol–water partition coefficient (Wildman–Crippen LogP) is 0.213. The van der Waals surface area contributed by atoms with E-state index in [0.717, 1.165) is 5.56 Å². The van der Waals surface area contributed by atoms with E-state index in [-0.39, 0.29) is 4.90 Å². The molecule has 0 saturated carbocycles. The normalized spacial score (nSPS) is 12.0. The van der Waals surface area contributed by atoms with Gasteiger partial charge in [0.2, 0.25) is 10.0 Å². The SMILES string of the molecule is O=S(=O)(NC(CO)CO)c1ccc(CBr)cc1. The maximum atomic E-state index is 11.8. The van der Waals surface area contributed by atoms with Crippen LogP contribution in [0.2, 0.25) is 0 Å². The Morgan fingerprint density at radius 3 is 2.12 bits per heavy atom. The Kier molecular flexibility index (Phi) is 5.54. The molecule has 0 atom stereocenters. The fraction of sp³-hybridized carbons (Fsp3) is 0.400.